The molecule has 0 aliphatic heterocycles. The van der Waals surface area contributed by atoms with Gasteiger partial charge in [0.25, 0.3) is 5.91 Å². The van der Waals surface area contributed by atoms with Gasteiger partial charge in [-0.15, -0.1) is 0 Å². The van der Waals surface area contributed by atoms with Crippen molar-refractivity contribution in [3.8, 4) is 0 Å². The van der Waals surface area contributed by atoms with Crippen molar-refractivity contribution < 1.29 is 27.9 Å². The molecule has 0 aromatic heterocycles. The van der Waals surface area contributed by atoms with Crippen molar-refractivity contribution in [3.63, 3.8) is 0 Å². The van der Waals surface area contributed by atoms with Gasteiger partial charge in [-0.3, -0.25) is 4.79 Å². The first kappa shape index (κ1) is 18.3. The Hall–Kier alpha value is -3.09. The van der Waals surface area contributed by atoms with Crippen molar-refractivity contribution in [1.82, 2.24) is 0 Å². The number of rotatable bonds is 4. The minimum atomic E-state index is -4.53. The molecular weight excluding hydrogens is 335 g/mol. The number of alkyl halides is 3. The largest absolute Gasteiger partial charge is 0.478 e. The Morgan fingerprint density at radius 3 is 2.40 bits per heavy atom. The van der Waals surface area contributed by atoms with Crippen LogP contribution in [0.5, 0.6) is 0 Å². The summed E-state index contributed by atoms with van der Waals surface area (Å²) in [6, 6.07) is 10.6. The lowest BCUT2D eigenvalue weighted by atomic mass is 10.1. The Morgan fingerprint density at radius 2 is 1.76 bits per heavy atom. The van der Waals surface area contributed by atoms with E-state index in [1.165, 1.54) is 30.2 Å². The first-order valence-corrected chi connectivity index (χ1v) is 7.15. The van der Waals surface area contributed by atoms with Crippen LogP contribution in [-0.2, 0) is 11.0 Å². The van der Waals surface area contributed by atoms with Crippen LogP contribution < -0.4 is 4.90 Å². The molecule has 130 valence electrons. The quantitative estimate of drug-likeness (QED) is 0.846. The summed E-state index contributed by atoms with van der Waals surface area (Å²) < 4.78 is 38.3. The number of hydrogen-bond donors (Lipinski definition) is 1. The number of carboxylic acid groups (broad SMARTS) is 1. The smallest absolute Gasteiger partial charge is 0.416 e. The van der Waals surface area contributed by atoms with Gasteiger partial charge in [0.05, 0.1) is 5.56 Å². The van der Waals surface area contributed by atoms with E-state index in [0.717, 1.165) is 18.2 Å². The van der Waals surface area contributed by atoms with E-state index >= 15 is 0 Å². The zero-order valence-electron chi connectivity index (χ0n) is 13.1. The average Bonchev–Trinajstić information content (AvgIpc) is 2.58. The van der Waals surface area contributed by atoms with Crippen LogP contribution >= 0.6 is 0 Å². The highest BCUT2D eigenvalue weighted by Crippen LogP contribution is 2.30. The van der Waals surface area contributed by atoms with Crippen molar-refractivity contribution in [2.45, 2.75) is 6.18 Å². The average molecular weight is 349 g/mol. The van der Waals surface area contributed by atoms with Crippen LogP contribution in [-0.4, -0.2) is 24.0 Å². The lowest BCUT2D eigenvalue weighted by Crippen LogP contribution is -2.26. The van der Waals surface area contributed by atoms with E-state index in [0.29, 0.717) is 11.3 Å². The highest BCUT2D eigenvalue weighted by molar-refractivity contribution is 6.06. The summed E-state index contributed by atoms with van der Waals surface area (Å²) in [6.07, 6.45) is -2.22. The number of anilines is 1. The molecule has 0 bridgehead atoms. The van der Waals surface area contributed by atoms with Crippen molar-refractivity contribution in [2.75, 3.05) is 11.9 Å². The molecule has 0 fully saturated rings. The minimum absolute atomic E-state index is 0.0937. The van der Waals surface area contributed by atoms with Gasteiger partial charge in [-0.25, -0.2) is 4.79 Å². The second-order valence-electron chi connectivity index (χ2n) is 5.21. The second kappa shape index (κ2) is 7.21. The highest BCUT2D eigenvalue weighted by Gasteiger charge is 2.31. The summed E-state index contributed by atoms with van der Waals surface area (Å²) in [4.78, 5) is 24.2. The number of aliphatic carboxylic acids is 1. The van der Waals surface area contributed by atoms with Gasteiger partial charge < -0.3 is 10.0 Å². The molecule has 0 heterocycles. The van der Waals surface area contributed by atoms with Gasteiger partial charge in [-0.2, -0.15) is 13.2 Å². The highest BCUT2D eigenvalue weighted by atomic mass is 19.4. The Bertz CT molecular complexity index is 828. The number of halogens is 3. The Labute approximate surface area is 141 Å². The first-order chi connectivity index (χ1) is 11.7. The third kappa shape index (κ3) is 4.69. The molecular formula is C18H14F3NO3. The van der Waals surface area contributed by atoms with Crippen LogP contribution in [0.25, 0.3) is 6.08 Å². The predicted molar refractivity (Wildman–Crippen MR) is 87.3 cm³/mol. The number of carbonyl (C=O) groups excluding carboxylic acids is 1. The zero-order valence-corrected chi connectivity index (χ0v) is 13.1. The second-order valence-corrected chi connectivity index (χ2v) is 5.21. The summed E-state index contributed by atoms with van der Waals surface area (Å²) in [5, 5.41) is 8.64. The molecule has 0 spiro atoms. The van der Waals surface area contributed by atoms with E-state index in [9.17, 15) is 22.8 Å². The lowest BCUT2D eigenvalue weighted by molar-refractivity contribution is -0.137. The van der Waals surface area contributed by atoms with Crippen molar-refractivity contribution in [3.05, 3.63) is 71.3 Å². The fraction of sp³-hybridized carbons (Fsp3) is 0.111. The van der Waals surface area contributed by atoms with Gasteiger partial charge in [-0.05, 0) is 42.0 Å². The van der Waals surface area contributed by atoms with Crippen LogP contribution in [0.4, 0.5) is 18.9 Å². The molecule has 7 heteroatoms. The molecule has 0 saturated heterocycles. The van der Waals surface area contributed by atoms with E-state index in [4.69, 9.17) is 5.11 Å². The molecule has 0 unspecified atom stereocenters. The van der Waals surface area contributed by atoms with Gasteiger partial charge in [0.15, 0.2) is 0 Å². The first-order valence-electron chi connectivity index (χ1n) is 7.15. The van der Waals surface area contributed by atoms with E-state index < -0.39 is 23.6 Å². The van der Waals surface area contributed by atoms with Crippen LogP contribution in [0.15, 0.2) is 54.6 Å². The number of carbonyl (C=O) groups is 2. The van der Waals surface area contributed by atoms with Crippen LogP contribution in [0, 0.1) is 0 Å². The van der Waals surface area contributed by atoms with Gasteiger partial charge in [-0.1, -0.05) is 18.2 Å². The number of nitrogens with zero attached hydrogens (tertiary/aromatic N) is 1. The maximum Gasteiger partial charge on any atom is 0.416 e. The predicted octanol–water partition coefficient (Wildman–Crippen LogP) is 4.08. The molecule has 2 rings (SSSR count). The Kier molecular flexibility index (Phi) is 5.26. The summed E-state index contributed by atoms with van der Waals surface area (Å²) in [7, 11) is 1.43. The molecule has 2 aromatic carbocycles. The van der Waals surface area contributed by atoms with Crippen molar-refractivity contribution >= 4 is 23.6 Å². The number of benzene rings is 2. The summed E-state index contributed by atoms with van der Waals surface area (Å²) in [5.74, 6) is -1.72. The standard InChI is InChI=1S/C18H14F3NO3/c1-22(15-7-2-4-12(10-15)8-9-16(23)24)17(25)13-5-3-6-14(11-13)18(19,20)21/h2-11H,1H3,(H,23,24)/b9-8+. The zero-order chi connectivity index (χ0) is 18.6. The molecule has 4 nitrogen and oxygen atoms in total. The number of hydrogen-bond acceptors (Lipinski definition) is 2. The van der Waals surface area contributed by atoms with Gasteiger partial charge in [0.1, 0.15) is 0 Å². The number of carboxylic acids is 1. The normalized spacial score (nSPS) is 11.5. The molecule has 0 aliphatic carbocycles. The number of amides is 1. The fourth-order valence-electron chi connectivity index (χ4n) is 2.14. The Morgan fingerprint density at radius 1 is 1.08 bits per heavy atom. The van der Waals surface area contributed by atoms with Gasteiger partial charge in [0.2, 0.25) is 0 Å². The molecule has 0 saturated carbocycles. The monoisotopic (exact) mass is 349 g/mol. The van der Waals surface area contributed by atoms with Gasteiger partial charge in [0, 0.05) is 24.4 Å². The Balaban J connectivity index is 2.29. The van der Waals surface area contributed by atoms with Gasteiger partial charge >= 0.3 is 12.1 Å². The fourth-order valence-corrected chi connectivity index (χ4v) is 2.14. The molecule has 0 atom stereocenters. The van der Waals surface area contributed by atoms with Crippen molar-refractivity contribution in [2.24, 2.45) is 0 Å². The van der Waals surface area contributed by atoms with E-state index in [2.05, 4.69) is 0 Å². The van der Waals surface area contributed by atoms with E-state index in [1.807, 2.05) is 0 Å². The third-order valence-corrected chi connectivity index (χ3v) is 3.42. The molecule has 25 heavy (non-hydrogen) atoms. The molecule has 1 N–H and O–H groups in total. The summed E-state index contributed by atoms with van der Waals surface area (Å²) in [5.41, 5.74) is -0.0211. The molecule has 0 radical (unpaired) electrons. The maximum absolute atomic E-state index is 12.8. The summed E-state index contributed by atoms with van der Waals surface area (Å²) >= 11 is 0. The van der Waals surface area contributed by atoms with E-state index in [-0.39, 0.29) is 5.56 Å². The third-order valence-electron chi connectivity index (χ3n) is 3.42. The maximum atomic E-state index is 12.8. The molecule has 1 amide bonds. The SMILES string of the molecule is CN(C(=O)c1cccc(C(F)(F)F)c1)c1cccc(/C=C/C(=O)O)c1. The molecule has 2 aromatic rings. The van der Waals surface area contributed by atoms with E-state index in [1.54, 1.807) is 24.3 Å². The van der Waals surface area contributed by atoms with Crippen LogP contribution in [0.3, 0.4) is 0 Å². The minimum Gasteiger partial charge on any atom is -0.478 e. The van der Waals surface area contributed by atoms with Crippen LogP contribution in [0.2, 0.25) is 0 Å². The van der Waals surface area contributed by atoms with Crippen molar-refractivity contribution in [1.29, 1.82) is 0 Å². The lowest BCUT2D eigenvalue weighted by Gasteiger charge is -2.18. The van der Waals surface area contributed by atoms with Crippen LogP contribution in [0.1, 0.15) is 21.5 Å². The molecule has 0 aliphatic rings. The summed E-state index contributed by atoms with van der Waals surface area (Å²) in [6.45, 7) is 0. The topological polar surface area (TPSA) is 57.6 Å².